The molecule has 7 heteroatoms. The van der Waals surface area contributed by atoms with Gasteiger partial charge in [0.2, 0.25) is 0 Å². The summed E-state index contributed by atoms with van der Waals surface area (Å²) in [5, 5.41) is 3.85. The van der Waals surface area contributed by atoms with E-state index in [0.717, 1.165) is 17.0 Å². The minimum absolute atomic E-state index is 0.133. The average Bonchev–Trinajstić information content (AvgIpc) is 3.05. The van der Waals surface area contributed by atoms with Gasteiger partial charge in [-0.2, -0.15) is 0 Å². The zero-order valence-corrected chi connectivity index (χ0v) is 15.5. The average molecular weight is 379 g/mol. The second-order valence-corrected chi connectivity index (χ2v) is 7.46. The summed E-state index contributed by atoms with van der Waals surface area (Å²) in [5.74, 6) is 1.31. The van der Waals surface area contributed by atoms with Crippen molar-refractivity contribution in [3.05, 3.63) is 57.3 Å². The molecule has 2 aromatic rings. The Kier molecular flexibility index (Phi) is 4.99. The van der Waals surface area contributed by atoms with Crippen molar-refractivity contribution in [3.8, 4) is 0 Å². The minimum Gasteiger partial charge on any atom is -0.462 e. The predicted octanol–water partition coefficient (Wildman–Crippen LogP) is 4.82. The molecule has 0 saturated carbocycles. The largest absolute Gasteiger partial charge is 0.462 e. The number of hydrogen-bond acceptors (Lipinski definition) is 5. The fourth-order valence-corrected chi connectivity index (χ4v) is 3.65. The van der Waals surface area contributed by atoms with Crippen LogP contribution in [0.3, 0.4) is 0 Å². The zero-order chi connectivity index (χ0) is 17.3. The maximum absolute atomic E-state index is 12.5. The molecule has 3 rings (SSSR count). The van der Waals surface area contributed by atoms with Crippen LogP contribution in [0.1, 0.15) is 17.1 Å². The van der Waals surface area contributed by atoms with Crippen molar-refractivity contribution in [1.29, 1.82) is 0 Å². The van der Waals surface area contributed by atoms with Gasteiger partial charge >= 0.3 is 0 Å². The Hall–Kier alpha value is -1.76. The highest BCUT2D eigenvalue weighted by Gasteiger charge is 2.32. The normalized spacial score (nSPS) is 16.3. The Labute approximate surface area is 154 Å². The molecule has 1 aromatic carbocycles. The number of carbonyl (C=O) groups is 1. The van der Waals surface area contributed by atoms with Crippen LogP contribution in [-0.4, -0.2) is 21.8 Å². The first-order chi connectivity index (χ1) is 11.4. The highest BCUT2D eigenvalue weighted by atomic mass is 35.5. The van der Waals surface area contributed by atoms with Crippen LogP contribution in [0.4, 0.5) is 5.69 Å². The number of thioether (sulfide) groups is 1. The van der Waals surface area contributed by atoms with Gasteiger partial charge in [0.15, 0.2) is 0 Å². The fourth-order valence-electron chi connectivity index (χ4n) is 2.25. The number of nitrogens with zero attached hydrogens (tertiary/aromatic N) is 1. The SMILES string of the molecule is Cc1ccc(C=C2SC(=S)N(CNc3cc(Cl)ccc3C)C2=O)o1. The van der Waals surface area contributed by atoms with E-state index in [0.29, 0.717) is 26.7 Å². The molecule has 1 fully saturated rings. The quantitative estimate of drug-likeness (QED) is 0.610. The summed E-state index contributed by atoms with van der Waals surface area (Å²) in [6.45, 7) is 4.13. The molecule has 0 bridgehead atoms. The zero-order valence-electron chi connectivity index (χ0n) is 13.1. The molecule has 1 aromatic heterocycles. The number of carbonyl (C=O) groups excluding carboxylic acids is 1. The smallest absolute Gasteiger partial charge is 0.267 e. The fraction of sp³-hybridized carbons (Fsp3) is 0.176. The van der Waals surface area contributed by atoms with E-state index >= 15 is 0 Å². The van der Waals surface area contributed by atoms with Crippen molar-refractivity contribution in [2.45, 2.75) is 13.8 Å². The molecule has 2 heterocycles. The van der Waals surface area contributed by atoms with Gasteiger partial charge in [0.05, 0.1) is 11.6 Å². The second-order valence-electron chi connectivity index (χ2n) is 5.35. The Balaban J connectivity index is 1.73. The Morgan fingerprint density at radius 3 is 2.83 bits per heavy atom. The van der Waals surface area contributed by atoms with Crippen LogP contribution in [0.25, 0.3) is 6.08 Å². The van der Waals surface area contributed by atoms with E-state index in [4.69, 9.17) is 28.2 Å². The van der Waals surface area contributed by atoms with Gasteiger partial charge in [-0.05, 0) is 43.7 Å². The van der Waals surface area contributed by atoms with E-state index in [1.54, 1.807) is 6.08 Å². The van der Waals surface area contributed by atoms with Crippen LogP contribution in [0, 0.1) is 13.8 Å². The lowest BCUT2D eigenvalue weighted by Gasteiger charge is -2.17. The van der Waals surface area contributed by atoms with Crippen molar-refractivity contribution in [2.24, 2.45) is 0 Å². The maximum Gasteiger partial charge on any atom is 0.267 e. The van der Waals surface area contributed by atoms with Gasteiger partial charge in [-0.25, -0.2) is 0 Å². The third kappa shape index (κ3) is 3.66. The van der Waals surface area contributed by atoms with Gasteiger partial charge in [-0.15, -0.1) is 0 Å². The Morgan fingerprint density at radius 2 is 2.12 bits per heavy atom. The molecule has 4 nitrogen and oxygen atoms in total. The monoisotopic (exact) mass is 378 g/mol. The molecular formula is C17H15ClN2O2S2. The first kappa shape index (κ1) is 17.1. The molecule has 24 heavy (non-hydrogen) atoms. The molecule has 0 aliphatic carbocycles. The van der Waals surface area contributed by atoms with Gasteiger partial charge in [-0.1, -0.05) is 41.6 Å². The first-order valence-corrected chi connectivity index (χ1v) is 8.86. The number of aryl methyl sites for hydroxylation is 2. The molecule has 0 spiro atoms. The van der Waals surface area contributed by atoms with E-state index in [1.807, 2.05) is 44.2 Å². The third-order valence-electron chi connectivity index (χ3n) is 3.54. The summed E-state index contributed by atoms with van der Waals surface area (Å²) >= 11 is 12.6. The number of furan rings is 1. The third-order valence-corrected chi connectivity index (χ3v) is 5.15. The lowest BCUT2D eigenvalue weighted by molar-refractivity contribution is -0.121. The van der Waals surface area contributed by atoms with Crippen molar-refractivity contribution in [3.63, 3.8) is 0 Å². The second kappa shape index (κ2) is 7.01. The van der Waals surface area contributed by atoms with Gasteiger partial charge in [0, 0.05) is 16.8 Å². The lowest BCUT2D eigenvalue weighted by atomic mass is 10.2. The topological polar surface area (TPSA) is 45.5 Å². The molecule has 0 atom stereocenters. The molecular weight excluding hydrogens is 364 g/mol. The summed E-state index contributed by atoms with van der Waals surface area (Å²) in [5.41, 5.74) is 1.92. The van der Waals surface area contributed by atoms with Gasteiger partial charge in [0.1, 0.15) is 15.8 Å². The van der Waals surface area contributed by atoms with Crippen LogP contribution in [-0.2, 0) is 4.79 Å². The molecule has 124 valence electrons. The Bertz CT molecular complexity index is 845. The number of rotatable bonds is 4. The summed E-state index contributed by atoms with van der Waals surface area (Å²) < 4.78 is 6.00. The number of anilines is 1. The van der Waals surface area contributed by atoms with E-state index in [-0.39, 0.29) is 5.91 Å². The molecule has 1 amide bonds. The van der Waals surface area contributed by atoms with Crippen LogP contribution in [0.15, 0.2) is 39.7 Å². The molecule has 0 unspecified atom stereocenters. The van der Waals surface area contributed by atoms with Crippen molar-refractivity contribution in [1.82, 2.24) is 4.90 Å². The van der Waals surface area contributed by atoms with Crippen molar-refractivity contribution >= 4 is 57.6 Å². The number of nitrogens with one attached hydrogen (secondary N) is 1. The molecule has 1 aliphatic heterocycles. The number of thiocarbonyl (C=S) groups is 1. The summed E-state index contributed by atoms with van der Waals surface area (Å²) in [6.07, 6.45) is 1.72. The standard InChI is InChI=1S/C17H15ClN2O2S2/c1-10-3-5-12(18)7-14(10)19-9-20-16(21)15(24-17(20)23)8-13-6-4-11(2)22-13/h3-8,19H,9H2,1-2H3. The van der Waals surface area contributed by atoms with E-state index < -0.39 is 0 Å². The van der Waals surface area contributed by atoms with Crippen molar-refractivity contribution in [2.75, 3.05) is 12.0 Å². The number of hydrogen-bond donors (Lipinski definition) is 1. The molecule has 1 aliphatic rings. The lowest BCUT2D eigenvalue weighted by Crippen LogP contribution is -2.33. The van der Waals surface area contributed by atoms with Crippen LogP contribution in [0.2, 0.25) is 5.02 Å². The van der Waals surface area contributed by atoms with E-state index in [9.17, 15) is 4.79 Å². The number of amides is 1. The summed E-state index contributed by atoms with van der Waals surface area (Å²) in [6, 6.07) is 9.27. The van der Waals surface area contributed by atoms with Crippen LogP contribution >= 0.6 is 35.6 Å². The maximum atomic E-state index is 12.5. The van der Waals surface area contributed by atoms with Gasteiger partial charge in [0.25, 0.3) is 5.91 Å². The number of halogens is 1. The summed E-state index contributed by atoms with van der Waals surface area (Å²) in [7, 11) is 0. The molecule has 0 radical (unpaired) electrons. The highest BCUT2D eigenvalue weighted by molar-refractivity contribution is 8.26. The van der Waals surface area contributed by atoms with Crippen LogP contribution < -0.4 is 5.32 Å². The molecule has 1 saturated heterocycles. The van der Waals surface area contributed by atoms with Gasteiger partial charge < -0.3 is 9.73 Å². The highest BCUT2D eigenvalue weighted by Crippen LogP contribution is 2.33. The van der Waals surface area contributed by atoms with Gasteiger partial charge in [-0.3, -0.25) is 9.69 Å². The van der Waals surface area contributed by atoms with Crippen molar-refractivity contribution < 1.29 is 9.21 Å². The Morgan fingerprint density at radius 1 is 1.33 bits per heavy atom. The summed E-state index contributed by atoms with van der Waals surface area (Å²) in [4.78, 5) is 14.6. The molecule has 1 N–H and O–H groups in total. The number of benzene rings is 1. The minimum atomic E-state index is -0.133. The van der Waals surface area contributed by atoms with E-state index in [1.165, 1.54) is 16.7 Å². The predicted molar refractivity (Wildman–Crippen MR) is 103 cm³/mol. The van der Waals surface area contributed by atoms with E-state index in [2.05, 4.69) is 5.32 Å². The van der Waals surface area contributed by atoms with Crippen LogP contribution in [0.5, 0.6) is 0 Å². The first-order valence-electron chi connectivity index (χ1n) is 7.26.